The van der Waals surface area contributed by atoms with Gasteiger partial charge in [0.2, 0.25) is 0 Å². The van der Waals surface area contributed by atoms with Gasteiger partial charge in [-0.05, 0) is 18.4 Å². The molecule has 4 heteroatoms. The minimum atomic E-state index is -0.440. The molecule has 0 amide bonds. The number of allylic oxidation sites excluding steroid dienone is 1. The van der Waals surface area contributed by atoms with Crippen LogP contribution in [-0.4, -0.2) is 19.2 Å². The highest BCUT2D eigenvalue weighted by molar-refractivity contribution is 5.87. The molecule has 0 fully saturated rings. The molecule has 0 atom stereocenters. The van der Waals surface area contributed by atoms with Gasteiger partial charge in [-0.3, -0.25) is 0 Å². The van der Waals surface area contributed by atoms with Crippen molar-refractivity contribution in [2.45, 2.75) is 13.8 Å². The Bertz CT molecular complexity index is 154. The van der Waals surface area contributed by atoms with Crippen LogP contribution >= 0.6 is 0 Å². The Hall–Kier alpha value is -0.900. The van der Waals surface area contributed by atoms with Crippen LogP contribution < -0.4 is 0 Å². The van der Waals surface area contributed by atoms with Crippen LogP contribution in [0.1, 0.15) is 13.8 Å². The first kappa shape index (κ1) is 10.1. The molecule has 0 heterocycles. The van der Waals surface area contributed by atoms with Crippen molar-refractivity contribution in [3.05, 3.63) is 11.6 Å². The fourth-order valence-corrected chi connectivity index (χ4v) is 0.398. The van der Waals surface area contributed by atoms with Crippen LogP contribution in [0.15, 0.2) is 11.6 Å². The van der Waals surface area contributed by atoms with E-state index in [0.717, 1.165) is 0 Å². The summed E-state index contributed by atoms with van der Waals surface area (Å²) >= 11 is 0. The molecule has 0 aliphatic rings. The molecule has 0 unspecified atom stereocenters. The monoisotopic (exact) mass is 162 g/mol. The van der Waals surface area contributed by atoms with Gasteiger partial charge in [0.15, 0.2) is 0 Å². The van der Waals surface area contributed by atoms with Gasteiger partial charge < -0.3 is 4.74 Å². The molecule has 0 rings (SSSR count). The number of esters is 1. The average molecular weight is 162 g/mol. The van der Waals surface area contributed by atoms with Crippen molar-refractivity contribution in [1.82, 2.24) is 0 Å². The molecule has 0 aliphatic carbocycles. The smallest absolute Gasteiger partial charge is 0.333 e. The number of ether oxygens (including phenoxy) is 1. The Morgan fingerprint density at radius 1 is 1.55 bits per heavy atom. The lowest BCUT2D eigenvalue weighted by molar-refractivity contribution is -0.159. The van der Waals surface area contributed by atoms with E-state index in [1.165, 1.54) is 0 Å². The molecule has 11 heavy (non-hydrogen) atoms. The predicted molar refractivity (Wildman–Crippen MR) is 37.5 cm³/mol. The van der Waals surface area contributed by atoms with Gasteiger partial charge in [0, 0.05) is 5.57 Å². The molecule has 0 aromatic carbocycles. The fraction of sp³-hybridized carbons (Fsp3) is 0.571. The number of hydrogen-bond donors (Lipinski definition) is 0. The maximum Gasteiger partial charge on any atom is 0.333 e. The molecule has 0 aromatic heterocycles. The van der Waals surface area contributed by atoms with Crippen molar-refractivity contribution in [3.8, 4) is 0 Å². The van der Waals surface area contributed by atoms with E-state index in [1.54, 1.807) is 19.9 Å². The third-order valence-electron chi connectivity index (χ3n) is 1.15. The summed E-state index contributed by atoms with van der Waals surface area (Å²) in [6, 6.07) is 0. The number of carbonyl (C=O) groups is 1. The maximum atomic E-state index is 11.0. The van der Waals surface area contributed by atoms with Crippen molar-refractivity contribution in [1.29, 1.82) is 0 Å². The topological polar surface area (TPSA) is 35.5 Å². The van der Waals surface area contributed by atoms with Crippen molar-refractivity contribution >= 4 is 5.97 Å². The summed E-state index contributed by atoms with van der Waals surface area (Å²) in [5.41, 5.74) is 0.504. The second-order valence-corrected chi connectivity index (χ2v) is 1.92. The Labute approximate surface area is 64.7 Å². The Morgan fingerprint density at radius 2 is 2.18 bits per heavy atom. The van der Waals surface area contributed by atoms with E-state index < -0.39 is 5.97 Å². The number of hydrogen-bond acceptors (Lipinski definition) is 3. The minimum Gasteiger partial charge on any atom is -0.460 e. The van der Waals surface area contributed by atoms with Crippen molar-refractivity contribution in [3.63, 3.8) is 0 Å². The van der Waals surface area contributed by atoms with Gasteiger partial charge in [0.25, 0.3) is 0 Å². The standard InChI is InChI=1S/C7H11FO3/c1-3-6(2)7(9)10-4-5-11-8/h3H,4-5H2,1-2H3. The Kier molecular flexibility index (Phi) is 5.37. The second-order valence-electron chi connectivity index (χ2n) is 1.92. The molecule has 0 aliphatic heterocycles. The molecule has 3 nitrogen and oxygen atoms in total. The normalized spacial score (nSPS) is 11.4. The molecule has 0 N–H and O–H groups in total. The van der Waals surface area contributed by atoms with E-state index in [0.29, 0.717) is 5.57 Å². The molecule has 0 radical (unpaired) electrons. The lowest BCUT2D eigenvalue weighted by atomic mass is 10.3. The average Bonchev–Trinajstić information content (AvgIpc) is 2.03. The summed E-state index contributed by atoms with van der Waals surface area (Å²) in [5, 5.41) is 0. The molecule has 0 saturated heterocycles. The molecule has 0 spiro atoms. The van der Waals surface area contributed by atoms with Gasteiger partial charge in [0.1, 0.15) is 13.2 Å². The maximum absolute atomic E-state index is 11.0. The summed E-state index contributed by atoms with van der Waals surface area (Å²) in [7, 11) is 0. The zero-order chi connectivity index (χ0) is 8.69. The first-order valence-corrected chi connectivity index (χ1v) is 3.26. The summed E-state index contributed by atoms with van der Waals surface area (Å²) in [6.45, 7) is 3.07. The van der Waals surface area contributed by atoms with Crippen molar-refractivity contribution in [2.75, 3.05) is 13.2 Å². The van der Waals surface area contributed by atoms with Crippen molar-refractivity contribution in [2.24, 2.45) is 0 Å². The highest BCUT2D eigenvalue weighted by Crippen LogP contribution is 1.95. The van der Waals surface area contributed by atoms with E-state index in [2.05, 4.69) is 9.68 Å². The van der Waals surface area contributed by atoms with E-state index in [4.69, 9.17) is 0 Å². The van der Waals surface area contributed by atoms with Crippen LogP contribution in [0.5, 0.6) is 0 Å². The van der Waals surface area contributed by atoms with Gasteiger partial charge in [-0.1, -0.05) is 6.08 Å². The van der Waals surface area contributed by atoms with Crippen LogP contribution in [0.3, 0.4) is 0 Å². The summed E-state index contributed by atoms with van der Waals surface area (Å²) in [5.74, 6) is -0.440. The Morgan fingerprint density at radius 3 is 2.64 bits per heavy atom. The van der Waals surface area contributed by atoms with Crippen LogP contribution in [0.25, 0.3) is 0 Å². The van der Waals surface area contributed by atoms with Crippen LogP contribution in [-0.2, 0) is 14.5 Å². The summed E-state index contributed by atoms with van der Waals surface area (Å²) < 4.78 is 15.6. The van der Waals surface area contributed by atoms with E-state index >= 15 is 0 Å². The molecule has 0 saturated carbocycles. The third-order valence-corrected chi connectivity index (χ3v) is 1.15. The number of rotatable bonds is 4. The quantitative estimate of drug-likeness (QED) is 0.356. The van der Waals surface area contributed by atoms with Crippen LogP contribution in [0.2, 0.25) is 0 Å². The molecular formula is C7H11FO3. The highest BCUT2D eigenvalue weighted by atomic mass is 19.3. The fourth-order valence-electron chi connectivity index (χ4n) is 0.398. The second kappa shape index (κ2) is 5.85. The number of carbonyl (C=O) groups excluding carboxylic acids is 1. The first-order chi connectivity index (χ1) is 5.22. The van der Waals surface area contributed by atoms with Crippen LogP contribution in [0, 0.1) is 0 Å². The lowest BCUT2D eigenvalue weighted by Gasteiger charge is -2.01. The largest absolute Gasteiger partial charge is 0.460 e. The number of halogens is 1. The van der Waals surface area contributed by atoms with Crippen molar-refractivity contribution < 1.29 is 19.0 Å². The van der Waals surface area contributed by atoms with Crippen LogP contribution in [0.4, 0.5) is 4.53 Å². The molecule has 0 bridgehead atoms. The molecular weight excluding hydrogens is 151 g/mol. The highest BCUT2D eigenvalue weighted by Gasteiger charge is 2.02. The first-order valence-electron chi connectivity index (χ1n) is 3.26. The van der Waals surface area contributed by atoms with Gasteiger partial charge in [-0.2, -0.15) is 4.94 Å². The molecule has 0 aromatic rings. The molecule has 64 valence electrons. The van der Waals surface area contributed by atoms with E-state index in [-0.39, 0.29) is 13.2 Å². The van der Waals surface area contributed by atoms with Gasteiger partial charge in [0.05, 0.1) is 0 Å². The lowest BCUT2D eigenvalue weighted by Crippen LogP contribution is -2.09. The summed E-state index contributed by atoms with van der Waals surface area (Å²) in [4.78, 5) is 14.0. The van der Waals surface area contributed by atoms with E-state index in [1.807, 2.05) is 0 Å². The zero-order valence-corrected chi connectivity index (χ0v) is 6.59. The SMILES string of the molecule is CC=C(C)C(=O)OCCOF. The summed E-state index contributed by atoms with van der Waals surface area (Å²) in [6.07, 6.45) is 1.62. The predicted octanol–water partition coefficient (Wildman–Crippen LogP) is 1.40. The third kappa shape index (κ3) is 4.50. The van der Waals surface area contributed by atoms with Gasteiger partial charge in [-0.15, -0.1) is 0 Å². The Balaban J connectivity index is 3.53. The van der Waals surface area contributed by atoms with E-state index in [9.17, 15) is 9.32 Å². The van der Waals surface area contributed by atoms with Gasteiger partial charge in [-0.25, -0.2) is 4.79 Å². The van der Waals surface area contributed by atoms with Gasteiger partial charge >= 0.3 is 5.97 Å². The minimum absolute atomic E-state index is 0.0550. The zero-order valence-electron chi connectivity index (χ0n) is 6.59.